The molecule has 3 rings (SSSR count). The first-order valence-corrected chi connectivity index (χ1v) is 9.65. The fraction of sp³-hybridized carbons (Fsp3) is 0.0952. The predicted molar refractivity (Wildman–Crippen MR) is 113 cm³/mol. The van der Waals surface area contributed by atoms with Crippen LogP contribution >= 0.6 is 46.4 Å². The van der Waals surface area contributed by atoms with Crippen LogP contribution in [0.25, 0.3) is 0 Å². The molecular weight excluding hydrogens is 442 g/mol. The smallest absolute Gasteiger partial charge is 0.339 e. The summed E-state index contributed by atoms with van der Waals surface area (Å²) in [5.41, 5.74) is 1.47. The number of rotatable bonds is 5. The molecule has 0 unspecified atom stereocenters. The molecule has 3 aromatic rings. The van der Waals surface area contributed by atoms with Gasteiger partial charge in [0.15, 0.2) is 6.10 Å². The summed E-state index contributed by atoms with van der Waals surface area (Å²) >= 11 is 24.7. The van der Waals surface area contributed by atoms with E-state index in [1.54, 1.807) is 67.8 Å². The summed E-state index contributed by atoms with van der Waals surface area (Å²) in [5, 5.41) is 1.72. The van der Waals surface area contributed by atoms with Crippen LogP contribution in [0.2, 0.25) is 20.1 Å². The van der Waals surface area contributed by atoms with Crippen molar-refractivity contribution in [3.05, 3.63) is 97.4 Å². The Morgan fingerprint density at radius 2 is 1.36 bits per heavy atom. The largest absolute Gasteiger partial charge is 0.497 e. The third-order valence-corrected chi connectivity index (χ3v) is 5.18. The summed E-state index contributed by atoms with van der Waals surface area (Å²) in [6.45, 7) is 0. The molecule has 1 atom stereocenters. The number of benzene rings is 3. The Morgan fingerprint density at radius 3 is 1.93 bits per heavy atom. The van der Waals surface area contributed by atoms with E-state index in [2.05, 4.69) is 0 Å². The normalized spacial score (nSPS) is 11.8. The maximum atomic E-state index is 12.7. The van der Waals surface area contributed by atoms with Crippen molar-refractivity contribution >= 4 is 52.4 Å². The number of carbonyl (C=O) groups is 1. The molecule has 28 heavy (non-hydrogen) atoms. The van der Waals surface area contributed by atoms with Gasteiger partial charge in [-0.05, 0) is 54.6 Å². The average molecular weight is 456 g/mol. The van der Waals surface area contributed by atoms with Gasteiger partial charge in [0.25, 0.3) is 0 Å². The van der Waals surface area contributed by atoms with E-state index in [0.29, 0.717) is 42.5 Å². The van der Waals surface area contributed by atoms with Crippen molar-refractivity contribution in [1.29, 1.82) is 0 Å². The molecule has 0 fully saturated rings. The first kappa shape index (κ1) is 20.8. The Labute approximate surface area is 182 Å². The molecule has 0 saturated carbocycles. The molecule has 144 valence electrons. The lowest BCUT2D eigenvalue weighted by molar-refractivity contribution is 0.0378. The lowest BCUT2D eigenvalue weighted by Gasteiger charge is -2.21. The van der Waals surface area contributed by atoms with Crippen LogP contribution in [0, 0.1) is 0 Å². The van der Waals surface area contributed by atoms with Gasteiger partial charge in [-0.15, -0.1) is 0 Å². The Hall–Kier alpha value is -1.91. The fourth-order valence-corrected chi connectivity index (χ4v) is 3.52. The minimum Gasteiger partial charge on any atom is -0.497 e. The monoisotopic (exact) mass is 454 g/mol. The summed E-state index contributed by atoms with van der Waals surface area (Å²) in [7, 11) is 1.54. The van der Waals surface area contributed by atoms with Gasteiger partial charge in [0.2, 0.25) is 0 Å². The molecule has 0 N–H and O–H groups in total. The van der Waals surface area contributed by atoms with E-state index in [-0.39, 0.29) is 0 Å². The highest BCUT2D eigenvalue weighted by Gasteiger charge is 2.25. The lowest BCUT2D eigenvalue weighted by Crippen LogP contribution is -2.14. The molecular formula is C21H14Cl4O3. The SMILES string of the molecule is COc1ccc([C@@H](OC(=O)c2ccc(Cl)cc2)c2ccc(Cl)cc2Cl)c(Cl)c1. The van der Waals surface area contributed by atoms with Gasteiger partial charge < -0.3 is 9.47 Å². The highest BCUT2D eigenvalue weighted by Crippen LogP contribution is 2.38. The number of esters is 1. The van der Waals surface area contributed by atoms with Crippen molar-refractivity contribution in [3.8, 4) is 5.75 Å². The number of ether oxygens (including phenoxy) is 2. The van der Waals surface area contributed by atoms with Crippen LogP contribution < -0.4 is 4.74 Å². The number of halogens is 4. The Kier molecular flexibility index (Phi) is 6.73. The molecule has 0 bridgehead atoms. The summed E-state index contributed by atoms with van der Waals surface area (Å²) in [5.74, 6) is 0.0401. The van der Waals surface area contributed by atoms with Crippen LogP contribution in [-0.4, -0.2) is 13.1 Å². The number of methoxy groups -OCH3 is 1. The molecule has 0 aliphatic rings. The predicted octanol–water partition coefficient (Wildman–Crippen LogP) is 7.26. The molecule has 7 heteroatoms. The fourth-order valence-electron chi connectivity index (χ4n) is 2.62. The molecule has 3 nitrogen and oxygen atoms in total. The Bertz CT molecular complexity index is 1000. The van der Waals surface area contributed by atoms with Crippen LogP contribution in [0.5, 0.6) is 5.75 Å². The van der Waals surface area contributed by atoms with Gasteiger partial charge in [-0.25, -0.2) is 4.79 Å². The van der Waals surface area contributed by atoms with Crippen LogP contribution in [0.1, 0.15) is 27.6 Å². The van der Waals surface area contributed by atoms with E-state index < -0.39 is 12.1 Å². The molecule has 0 aromatic heterocycles. The quantitative estimate of drug-likeness (QED) is 0.380. The average Bonchev–Trinajstić information content (AvgIpc) is 2.67. The van der Waals surface area contributed by atoms with Crippen molar-refractivity contribution in [2.75, 3.05) is 7.11 Å². The standard InChI is InChI=1S/C21H14Cl4O3/c1-27-15-7-9-17(19(25)11-15)20(16-8-6-14(23)10-18(16)24)28-21(26)12-2-4-13(22)5-3-12/h2-11,20H,1H3/t20-/m0/s1. The summed E-state index contributed by atoms with van der Waals surface area (Å²) in [6.07, 6.45) is -0.841. The van der Waals surface area contributed by atoms with Crippen LogP contribution in [0.15, 0.2) is 60.7 Å². The van der Waals surface area contributed by atoms with Crippen molar-refractivity contribution in [2.45, 2.75) is 6.10 Å². The van der Waals surface area contributed by atoms with Crippen molar-refractivity contribution in [2.24, 2.45) is 0 Å². The third kappa shape index (κ3) is 4.73. The Morgan fingerprint density at radius 1 is 0.786 bits per heavy atom. The van der Waals surface area contributed by atoms with Gasteiger partial charge in [0, 0.05) is 26.2 Å². The summed E-state index contributed by atoms with van der Waals surface area (Å²) in [4.78, 5) is 12.7. The highest BCUT2D eigenvalue weighted by atomic mass is 35.5. The first-order valence-electron chi connectivity index (χ1n) is 8.14. The van der Waals surface area contributed by atoms with Gasteiger partial charge in [-0.1, -0.05) is 52.5 Å². The molecule has 0 spiro atoms. The van der Waals surface area contributed by atoms with Crippen molar-refractivity contribution in [3.63, 3.8) is 0 Å². The molecule has 0 heterocycles. The van der Waals surface area contributed by atoms with Gasteiger partial charge >= 0.3 is 5.97 Å². The molecule has 0 saturated heterocycles. The van der Waals surface area contributed by atoms with E-state index in [0.717, 1.165) is 0 Å². The number of carbonyl (C=O) groups excluding carboxylic acids is 1. The van der Waals surface area contributed by atoms with E-state index in [4.69, 9.17) is 55.9 Å². The minimum absolute atomic E-state index is 0.351. The Balaban J connectivity index is 2.04. The topological polar surface area (TPSA) is 35.5 Å². The van der Waals surface area contributed by atoms with Crippen LogP contribution in [-0.2, 0) is 4.74 Å². The molecule has 0 aliphatic heterocycles. The maximum absolute atomic E-state index is 12.7. The zero-order valence-corrected chi connectivity index (χ0v) is 17.6. The number of hydrogen-bond donors (Lipinski definition) is 0. The molecule has 0 amide bonds. The van der Waals surface area contributed by atoms with Crippen molar-refractivity contribution in [1.82, 2.24) is 0 Å². The second-order valence-corrected chi connectivity index (χ2v) is 7.53. The first-order chi connectivity index (χ1) is 13.4. The van der Waals surface area contributed by atoms with Crippen molar-refractivity contribution < 1.29 is 14.3 Å². The summed E-state index contributed by atoms with van der Waals surface area (Å²) in [6, 6.07) is 16.4. The minimum atomic E-state index is -0.841. The summed E-state index contributed by atoms with van der Waals surface area (Å²) < 4.78 is 11.0. The molecule has 0 aliphatic carbocycles. The van der Waals surface area contributed by atoms with E-state index in [1.807, 2.05) is 0 Å². The second kappa shape index (κ2) is 9.06. The molecule has 3 aromatic carbocycles. The van der Waals surface area contributed by atoms with Crippen LogP contribution in [0.3, 0.4) is 0 Å². The number of hydrogen-bond acceptors (Lipinski definition) is 3. The zero-order chi connectivity index (χ0) is 20.3. The zero-order valence-electron chi connectivity index (χ0n) is 14.6. The van der Waals surface area contributed by atoms with E-state index >= 15 is 0 Å². The van der Waals surface area contributed by atoms with Gasteiger partial charge in [0.1, 0.15) is 5.75 Å². The van der Waals surface area contributed by atoms with E-state index in [9.17, 15) is 4.79 Å². The maximum Gasteiger partial charge on any atom is 0.339 e. The molecule has 0 radical (unpaired) electrons. The van der Waals surface area contributed by atoms with Gasteiger partial charge in [-0.2, -0.15) is 0 Å². The van der Waals surface area contributed by atoms with Gasteiger partial charge in [0.05, 0.1) is 17.7 Å². The lowest BCUT2D eigenvalue weighted by atomic mass is 10.0. The van der Waals surface area contributed by atoms with Crippen LogP contribution in [0.4, 0.5) is 0 Å². The van der Waals surface area contributed by atoms with E-state index in [1.165, 1.54) is 0 Å². The third-order valence-electron chi connectivity index (χ3n) is 4.04. The highest BCUT2D eigenvalue weighted by molar-refractivity contribution is 6.35. The van der Waals surface area contributed by atoms with Gasteiger partial charge in [-0.3, -0.25) is 0 Å². The second-order valence-electron chi connectivity index (χ2n) is 5.85.